The number of amides is 2. The molecule has 2 aromatic rings. The van der Waals surface area contributed by atoms with Crippen LogP contribution < -0.4 is 19.5 Å². The Morgan fingerprint density at radius 2 is 1.48 bits per heavy atom. The first-order valence-electron chi connectivity index (χ1n) is 11.5. The molecule has 1 N–H and O–H groups in total. The number of benzene rings is 2. The van der Waals surface area contributed by atoms with Crippen LogP contribution in [0.15, 0.2) is 48.5 Å². The lowest BCUT2D eigenvalue weighted by Crippen LogP contribution is -2.49. The molecule has 2 rings (SSSR count). The highest BCUT2D eigenvalue weighted by Crippen LogP contribution is 2.19. The first-order valence-corrected chi connectivity index (χ1v) is 11.5. The van der Waals surface area contributed by atoms with Gasteiger partial charge in [-0.3, -0.25) is 9.59 Å². The highest BCUT2D eigenvalue weighted by molar-refractivity contribution is 5.87. The van der Waals surface area contributed by atoms with Crippen LogP contribution in [0.3, 0.4) is 0 Å². The molecule has 0 heterocycles. The second kappa shape index (κ2) is 14.0. The molecule has 0 aromatic heterocycles. The highest BCUT2D eigenvalue weighted by atomic mass is 16.5. The molecule has 2 aromatic carbocycles. The van der Waals surface area contributed by atoms with Crippen molar-refractivity contribution < 1.29 is 23.8 Å². The van der Waals surface area contributed by atoms with Crippen LogP contribution in [0.2, 0.25) is 0 Å². The van der Waals surface area contributed by atoms with Gasteiger partial charge in [-0.05, 0) is 61.2 Å². The average molecular weight is 457 g/mol. The van der Waals surface area contributed by atoms with Crippen molar-refractivity contribution in [1.29, 1.82) is 0 Å². The Hall–Kier alpha value is -3.22. The maximum absolute atomic E-state index is 13.2. The van der Waals surface area contributed by atoms with Crippen LogP contribution >= 0.6 is 0 Å². The number of ether oxygens (including phenoxy) is 3. The van der Waals surface area contributed by atoms with Crippen molar-refractivity contribution >= 4 is 11.8 Å². The molecule has 0 aliphatic carbocycles. The number of hydrogen-bond acceptors (Lipinski definition) is 5. The molecule has 1 atom stereocenters. The SMILES string of the molecule is CCCNC(=O)C(CC)N(Cc1ccc(OC)cc1)C(=O)CCCOc1ccc(OC)cc1. The Balaban J connectivity index is 2.02. The minimum absolute atomic E-state index is 0.0670. The van der Waals surface area contributed by atoms with Crippen LogP contribution in [0.25, 0.3) is 0 Å². The van der Waals surface area contributed by atoms with E-state index in [0.29, 0.717) is 39.0 Å². The zero-order valence-electron chi connectivity index (χ0n) is 20.1. The maximum Gasteiger partial charge on any atom is 0.242 e. The van der Waals surface area contributed by atoms with E-state index in [1.165, 1.54) is 0 Å². The van der Waals surface area contributed by atoms with Crippen molar-refractivity contribution in [3.63, 3.8) is 0 Å². The quantitative estimate of drug-likeness (QED) is 0.431. The van der Waals surface area contributed by atoms with E-state index in [0.717, 1.165) is 29.2 Å². The third-order valence-electron chi connectivity index (χ3n) is 5.31. The first kappa shape index (κ1) is 26.0. The van der Waals surface area contributed by atoms with Crippen molar-refractivity contribution in [2.45, 2.75) is 52.1 Å². The Kier molecular flexibility index (Phi) is 11.1. The van der Waals surface area contributed by atoms with Gasteiger partial charge in [-0.15, -0.1) is 0 Å². The summed E-state index contributed by atoms with van der Waals surface area (Å²) < 4.78 is 16.1. The molecule has 33 heavy (non-hydrogen) atoms. The van der Waals surface area contributed by atoms with Crippen molar-refractivity contribution in [1.82, 2.24) is 10.2 Å². The van der Waals surface area contributed by atoms with Gasteiger partial charge in [0.25, 0.3) is 0 Å². The van der Waals surface area contributed by atoms with E-state index in [9.17, 15) is 9.59 Å². The molecule has 0 aliphatic rings. The van der Waals surface area contributed by atoms with Gasteiger partial charge in [0.05, 0.1) is 20.8 Å². The fourth-order valence-corrected chi connectivity index (χ4v) is 3.44. The van der Waals surface area contributed by atoms with Crippen LogP contribution in [0.5, 0.6) is 17.2 Å². The topological polar surface area (TPSA) is 77.1 Å². The van der Waals surface area contributed by atoms with Crippen LogP contribution in [-0.2, 0) is 16.1 Å². The number of rotatable bonds is 14. The summed E-state index contributed by atoms with van der Waals surface area (Å²) in [7, 11) is 3.23. The van der Waals surface area contributed by atoms with Crippen molar-refractivity contribution in [3.05, 3.63) is 54.1 Å². The van der Waals surface area contributed by atoms with E-state index < -0.39 is 6.04 Å². The molecule has 0 saturated carbocycles. The zero-order valence-corrected chi connectivity index (χ0v) is 20.1. The number of nitrogens with zero attached hydrogens (tertiary/aromatic N) is 1. The van der Waals surface area contributed by atoms with Gasteiger partial charge < -0.3 is 24.4 Å². The van der Waals surface area contributed by atoms with Crippen molar-refractivity contribution in [3.8, 4) is 17.2 Å². The van der Waals surface area contributed by atoms with Gasteiger partial charge in [-0.25, -0.2) is 0 Å². The fraction of sp³-hybridized carbons (Fsp3) is 0.462. The standard InChI is InChI=1S/C26H36N2O5/c1-5-17-27-26(30)24(6-2)28(19-20-9-11-21(31-3)12-10-20)25(29)8-7-18-33-23-15-13-22(32-4)14-16-23/h9-16,24H,5-8,17-19H2,1-4H3,(H,27,30). The monoisotopic (exact) mass is 456 g/mol. The summed E-state index contributed by atoms with van der Waals surface area (Å²) in [5.74, 6) is 2.06. The lowest BCUT2D eigenvalue weighted by Gasteiger charge is -2.30. The Labute approximate surface area is 197 Å². The molecule has 180 valence electrons. The van der Waals surface area contributed by atoms with Crippen LogP contribution in [0, 0.1) is 0 Å². The predicted molar refractivity (Wildman–Crippen MR) is 129 cm³/mol. The average Bonchev–Trinajstić information content (AvgIpc) is 2.85. The summed E-state index contributed by atoms with van der Waals surface area (Å²) >= 11 is 0. The molecule has 0 aliphatic heterocycles. The molecule has 7 nitrogen and oxygen atoms in total. The molecule has 0 radical (unpaired) electrons. The third-order valence-corrected chi connectivity index (χ3v) is 5.31. The largest absolute Gasteiger partial charge is 0.497 e. The van der Waals surface area contributed by atoms with Crippen LogP contribution in [0.4, 0.5) is 0 Å². The lowest BCUT2D eigenvalue weighted by atomic mass is 10.1. The molecule has 1 unspecified atom stereocenters. The van der Waals surface area contributed by atoms with E-state index in [4.69, 9.17) is 14.2 Å². The molecular weight excluding hydrogens is 420 g/mol. The Morgan fingerprint density at radius 1 is 0.909 bits per heavy atom. The molecule has 0 spiro atoms. The predicted octanol–water partition coefficient (Wildman–Crippen LogP) is 4.20. The molecule has 0 saturated heterocycles. The zero-order chi connectivity index (χ0) is 24.1. The normalized spacial score (nSPS) is 11.4. The van der Waals surface area contributed by atoms with Crippen LogP contribution in [-0.4, -0.2) is 50.1 Å². The summed E-state index contributed by atoms with van der Waals surface area (Å²) in [6, 6.07) is 14.4. The van der Waals surface area contributed by atoms with E-state index in [1.807, 2.05) is 62.4 Å². The Morgan fingerprint density at radius 3 is 2.03 bits per heavy atom. The molecular formula is C26H36N2O5. The minimum Gasteiger partial charge on any atom is -0.497 e. The van der Waals surface area contributed by atoms with E-state index in [1.54, 1.807) is 19.1 Å². The molecule has 2 amide bonds. The fourth-order valence-electron chi connectivity index (χ4n) is 3.44. The number of methoxy groups -OCH3 is 2. The number of nitrogens with one attached hydrogen (secondary N) is 1. The van der Waals surface area contributed by atoms with Gasteiger partial charge in [-0.2, -0.15) is 0 Å². The molecule has 0 bridgehead atoms. The van der Waals surface area contributed by atoms with Crippen molar-refractivity contribution in [2.24, 2.45) is 0 Å². The Bertz CT molecular complexity index is 852. The number of hydrogen-bond donors (Lipinski definition) is 1. The lowest BCUT2D eigenvalue weighted by molar-refractivity contribution is -0.141. The molecule has 0 fully saturated rings. The third kappa shape index (κ3) is 8.33. The van der Waals surface area contributed by atoms with Gasteiger partial charge >= 0.3 is 0 Å². The van der Waals surface area contributed by atoms with Crippen molar-refractivity contribution in [2.75, 3.05) is 27.4 Å². The van der Waals surface area contributed by atoms with E-state index in [-0.39, 0.29) is 11.8 Å². The van der Waals surface area contributed by atoms with E-state index in [2.05, 4.69) is 5.32 Å². The van der Waals surface area contributed by atoms with Gasteiger partial charge in [0.15, 0.2) is 0 Å². The second-order valence-corrected chi connectivity index (χ2v) is 7.71. The van der Waals surface area contributed by atoms with Crippen LogP contribution in [0.1, 0.15) is 45.1 Å². The second-order valence-electron chi connectivity index (χ2n) is 7.71. The van der Waals surface area contributed by atoms with Gasteiger partial charge in [-0.1, -0.05) is 26.0 Å². The summed E-state index contributed by atoms with van der Waals surface area (Å²) in [4.78, 5) is 27.7. The first-order chi connectivity index (χ1) is 16.0. The van der Waals surface area contributed by atoms with E-state index >= 15 is 0 Å². The number of carbonyl (C=O) groups is 2. The molecule has 7 heteroatoms. The smallest absolute Gasteiger partial charge is 0.242 e. The minimum atomic E-state index is -0.520. The summed E-state index contributed by atoms with van der Waals surface area (Å²) in [5.41, 5.74) is 0.945. The van der Waals surface area contributed by atoms with Gasteiger partial charge in [0, 0.05) is 19.5 Å². The maximum atomic E-state index is 13.2. The summed E-state index contributed by atoms with van der Waals surface area (Å²) in [5, 5.41) is 2.93. The van der Waals surface area contributed by atoms with Gasteiger partial charge in [0.1, 0.15) is 23.3 Å². The van der Waals surface area contributed by atoms with Gasteiger partial charge in [0.2, 0.25) is 11.8 Å². The summed E-state index contributed by atoms with van der Waals surface area (Å²) in [6.07, 6.45) is 2.23. The highest BCUT2D eigenvalue weighted by Gasteiger charge is 2.28. The summed E-state index contributed by atoms with van der Waals surface area (Å²) in [6.45, 7) is 5.30. The number of carbonyl (C=O) groups excluding carboxylic acids is 2.